The Morgan fingerprint density at radius 3 is 2.60 bits per heavy atom. The lowest BCUT2D eigenvalue weighted by Gasteiger charge is -2.01. The zero-order chi connectivity index (χ0) is 7.72. The molecule has 53 valence electrons. The lowest BCUT2D eigenvalue weighted by molar-refractivity contribution is 0.471. The highest BCUT2D eigenvalue weighted by Gasteiger charge is 2.00. The molecule has 0 spiro atoms. The topological polar surface area (TPSA) is 20.2 Å². The molecule has 1 aromatic rings. The number of aromatic hydroxyl groups is 1. The minimum atomic E-state index is 0.206. The van der Waals surface area contributed by atoms with Crippen LogP contribution in [0, 0.1) is 13.8 Å². The lowest BCUT2D eigenvalue weighted by atomic mass is 10.1. The molecular weight excluding hydrogens is 148 g/mol. The van der Waals surface area contributed by atoms with E-state index < -0.39 is 0 Å². The van der Waals surface area contributed by atoms with Gasteiger partial charge >= 0.3 is 0 Å². The molecule has 0 aromatic heterocycles. The van der Waals surface area contributed by atoms with E-state index in [1.54, 1.807) is 19.1 Å². The molecule has 0 heterocycles. The van der Waals surface area contributed by atoms with Crippen LogP contribution in [0.15, 0.2) is 12.1 Å². The van der Waals surface area contributed by atoms with Crippen LogP contribution in [0.2, 0.25) is 5.02 Å². The summed E-state index contributed by atoms with van der Waals surface area (Å²) in [6.07, 6.45) is 0. The summed E-state index contributed by atoms with van der Waals surface area (Å²) in [7, 11) is 0. The first kappa shape index (κ1) is 7.42. The summed E-state index contributed by atoms with van der Waals surface area (Å²) in [6.45, 7) is 5.40. The molecule has 0 aliphatic rings. The van der Waals surface area contributed by atoms with Crippen molar-refractivity contribution in [3.63, 3.8) is 0 Å². The van der Waals surface area contributed by atoms with E-state index in [1.807, 2.05) is 0 Å². The third-order valence-corrected chi connectivity index (χ3v) is 1.77. The third kappa shape index (κ3) is 1.24. The molecule has 1 radical (unpaired) electrons. The quantitative estimate of drug-likeness (QED) is 0.611. The molecule has 0 saturated heterocycles. The monoisotopic (exact) mass is 155 g/mol. The van der Waals surface area contributed by atoms with Gasteiger partial charge in [-0.05, 0) is 31.5 Å². The van der Waals surface area contributed by atoms with Crippen molar-refractivity contribution >= 4 is 11.6 Å². The molecule has 0 amide bonds. The van der Waals surface area contributed by atoms with E-state index in [2.05, 4.69) is 6.92 Å². The van der Waals surface area contributed by atoms with Crippen molar-refractivity contribution in [2.24, 2.45) is 0 Å². The molecule has 0 saturated carbocycles. The smallest absolute Gasteiger partial charge is 0.120 e. The zero-order valence-corrected chi connectivity index (χ0v) is 6.44. The molecule has 10 heavy (non-hydrogen) atoms. The number of hydrogen-bond donors (Lipinski definition) is 1. The van der Waals surface area contributed by atoms with E-state index >= 15 is 0 Å². The van der Waals surface area contributed by atoms with Gasteiger partial charge in [-0.15, -0.1) is 0 Å². The number of phenolic OH excluding ortho intramolecular Hbond substituents is 1. The van der Waals surface area contributed by atoms with Gasteiger partial charge in [0, 0.05) is 10.6 Å². The molecular formula is C8H8ClO. The fourth-order valence-electron chi connectivity index (χ4n) is 0.719. The number of phenols is 1. The molecule has 0 aliphatic carbocycles. The van der Waals surface area contributed by atoms with Gasteiger partial charge in [0.15, 0.2) is 0 Å². The molecule has 0 fully saturated rings. The number of halogens is 1. The molecule has 1 aromatic carbocycles. The average molecular weight is 156 g/mol. The van der Waals surface area contributed by atoms with E-state index in [4.69, 9.17) is 16.7 Å². The second-order valence-corrected chi connectivity index (χ2v) is 2.63. The molecule has 0 unspecified atom stereocenters. The summed E-state index contributed by atoms with van der Waals surface area (Å²) in [4.78, 5) is 0. The predicted octanol–water partition coefficient (Wildman–Crippen LogP) is 2.54. The Morgan fingerprint density at radius 1 is 1.50 bits per heavy atom. The van der Waals surface area contributed by atoms with E-state index in [-0.39, 0.29) is 5.75 Å². The second kappa shape index (κ2) is 2.51. The normalized spacial score (nSPS) is 9.90. The van der Waals surface area contributed by atoms with Gasteiger partial charge in [-0.1, -0.05) is 11.6 Å². The Labute approximate surface area is 65.3 Å². The second-order valence-electron chi connectivity index (χ2n) is 2.22. The van der Waals surface area contributed by atoms with Gasteiger partial charge in [0.05, 0.1) is 0 Å². The Kier molecular flexibility index (Phi) is 1.86. The van der Waals surface area contributed by atoms with Crippen molar-refractivity contribution in [3.8, 4) is 5.75 Å². The first-order chi connectivity index (χ1) is 4.61. The maximum atomic E-state index is 9.16. The van der Waals surface area contributed by atoms with Crippen molar-refractivity contribution in [2.75, 3.05) is 0 Å². The molecule has 0 bridgehead atoms. The van der Waals surface area contributed by atoms with Crippen molar-refractivity contribution in [1.29, 1.82) is 0 Å². The summed E-state index contributed by atoms with van der Waals surface area (Å²) in [6, 6.07) is 3.30. The van der Waals surface area contributed by atoms with Crippen LogP contribution in [-0.2, 0) is 0 Å². The first-order valence-electron chi connectivity index (χ1n) is 2.92. The highest BCUT2D eigenvalue weighted by molar-refractivity contribution is 6.31. The van der Waals surface area contributed by atoms with E-state index in [9.17, 15) is 0 Å². The maximum absolute atomic E-state index is 9.16. The zero-order valence-electron chi connectivity index (χ0n) is 5.69. The van der Waals surface area contributed by atoms with Crippen LogP contribution in [0.3, 0.4) is 0 Å². The van der Waals surface area contributed by atoms with Gasteiger partial charge in [0.1, 0.15) is 5.75 Å². The Hall–Kier alpha value is -0.690. The van der Waals surface area contributed by atoms with Gasteiger partial charge in [-0.2, -0.15) is 0 Å². The van der Waals surface area contributed by atoms with Crippen molar-refractivity contribution in [2.45, 2.75) is 6.92 Å². The van der Waals surface area contributed by atoms with Gasteiger partial charge in [-0.25, -0.2) is 0 Å². The van der Waals surface area contributed by atoms with Crippen molar-refractivity contribution < 1.29 is 5.11 Å². The van der Waals surface area contributed by atoms with Gasteiger partial charge in [0.25, 0.3) is 0 Å². The van der Waals surface area contributed by atoms with Crippen LogP contribution in [0.25, 0.3) is 0 Å². The molecule has 1 rings (SSSR count). The van der Waals surface area contributed by atoms with Crippen LogP contribution in [0.5, 0.6) is 5.75 Å². The molecule has 1 N–H and O–H groups in total. The van der Waals surface area contributed by atoms with Gasteiger partial charge in [0.2, 0.25) is 0 Å². The van der Waals surface area contributed by atoms with Crippen LogP contribution < -0.4 is 0 Å². The summed E-state index contributed by atoms with van der Waals surface area (Å²) < 4.78 is 0. The maximum Gasteiger partial charge on any atom is 0.120 e. The Balaban J connectivity index is 3.31. The van der Waals surface area contributed by atoms with Crippen LogP contribution >= 0.6 is 11.6 Å². The van der Waals surface area contributed by atoms with E-state index in [0.29, 0.717) is 10.6 Å². The summed E-state index contributed by atoms with van der Waals surface area (Å²) in [5.74, 6) is 0.206. The number of benzene rings is 1. The SMILES string of the molecule is [CH2]c1cc(O)c(C)c(Cl)c1. The fourth-order valence-corrected chi connectivity index (χ4v) is 0.956. The minimum absolute atomic E-state index is 0.206. The summed E-state index contributed by atoms with van der Waals surface area (Å²) in [5, 5.41) is 9.72. The van der Waals surface area contributed by atoms with Crippen LogP contribution in [0.4, 0.5) is 0 Å². The number of hydrogen-bond acceptors (Lipinski definition) is 1. The molecule has 2 heteroatoms. The van der Waals surface area contributed by atoms with Gasteiger partial charge in [-0.3, -0.25) is 0 Å². The van der Waals surface area contributed by atoms with E-state index in [0.717, 1.165) is 5.56 Å². The summed E-state index contributed by atoms with van der Waals surface area (Å²) in [5.41, 5.74) is 1.43. The van der Waals surface area contributed by atoms with Crippen molar-refractivity contribution in [3.05, 3.63) is 35.2 Å². The predicted molar refractivity (Wildman–Crippen MR) is 42.3 cm³/mol. The Bertz CT molecular complexity index is 232. The first-order valence-corrected chi connectivity index (χ1v) is 3.30. The molecule has 1 nitrogen and oxygen atoms in total. The highest BCUT2D eigenvalue weighted by Crippen LogP contribution is 2.25. The van der Waals surface area contributed by atoms with Crippen LogP contribution in [-0.4, -0.2) is 5.11 Å². The average Bonchev–Trinajstić information content (AvgIpc) is 1.82. The van der Waals surface area contributed by atoms with E-state index in [1.165, 1.54) is 0 Å². The van der Waals surface area contributed by atoms with Crippen molar-refractivity contribution in [1.82, 2.24) is 0 Å². The largest absolute Gasteiger partial charge is 0.508 e. The highest BCUT2D eigenvalue weighted by atomic mass is 35.5. The lowest BCUT2D eigenvalue weighted by Crippen LogP contribution is -1.78. The summed E-state index contributed by atoms with van der Waals surface area (Å²) >= 11 is 5.72. The molecule has 0 aliphatic heterocycles. The fraction of sp³-hybridized carbons (Fsp3) is 0.125. The third-order valence-electron chi connectivity index (χ3n) is 1.38. The minimum Gasteiger partial charge on any atom is -0.508 e. The Morgan fingerprint density at radius 2 is 2.10 bits per heavy atom. The molecule has 0 atom stereocenters. The van der Waals surface area contributed by atoms with Crippen LogP contribution in [0.1, 0.15) is 11.1 Å². The van der Waals surface area contributed by atoms with Gasteiger partial charge < -0.3 is 5.11 Å². The number of rotatable bonds is 0. The standard InChI is InChI=1S/C8H8ClO/c1-5-3-7(9)6(2)8(10)4-5/h3-4,10H,1H2,2H3.